The second-order valence-electron chi connectivity index (χ2n) is 4.18. The molecule has 0 atom stereocenters. The van der Waals surface area contributed by atoms with Crippen LogP contribution >= 0.6 is 0 Å². The van der Waals surface area contributed by atoms with Gasteiger partial charge >= 0.3 is 0 Å². The van der Waals surface area contributed by atoms with E-state index in [0.29, 0.717) is 23.3 Å². The molecule has 1 aliphatic rings. The molecule has 0 spiro atoms. The Morgan fingerprint density at radius 1 is 1.00 bits per heavy atom. The van der Waals surface area contributed by atoms with Crippen LogP contribution in [-0.2, 0) is 0 Å². The van der Waals surface area contributed by atoms with Gasteiger partial charge in [0.1, 0.15) is 11.6 Å². The first-order chi connectivity index (χ1) is 9.61. The lowest BCUT2D eigenvalue weighted by atomic mass is 10.2. The molecule has 1 N–H and O–H groups in total. The summed E-state index contributed by atoms with van der Waals surface area (Å²) in [6, 6.07) is 7.47. The van der Waals surface area contributed by atoms with Gasteiger partial charge in [0.2, 0.25) is 6.79 Å². The fourth-order valence-electron chi connectivity index (χ4n) is 1.86. The molecule has 6 heteroatoms. The number of halogens is 2. The largest absolute Gasteiger partial charge is 0.454 e. The van der Waals surface area contributed by atoms with E-state index in [0.717, 1.165) is 12.1 Å². The minimum Gasteiger partial charge on any atom is -0.454 e. The Labute approximate surface area is 112 Å². The summed E-state index contributed by atoms with van der Waals surface area (Å²) in [6.07, 6.45) is 0. The van der Waals surface area contributed by atoms with Crippen LogP contribution < -0.4 is 14.8 Å². The van der Waals surface area contributed by atoms with Gasteiger partial charge in [0.15, 0.2) is 11.5 Å². The highest BCUT2D eigenvalue weighted by Crippen LogP contribution is 2.34. The standard InChI is InChI=1S/C14H9F2NO3/c15-9-3-8(4-10(16)5-9)14(18)17-11-1-2-12-13(6-11)20-7-19-12/h1-6H,7H2,(H,17,18). The Hall–Kier alpha value is -2.63. The van der Waals surface area contributed by atoms with Gasteiger partial charge < -0.3 is 14.8 Å². The van der Waals surface area contributed by atoms with Crippen molar-refractivity contribution in [2.45, 2.75) is 0 Å². The minimum atomic E-state index is -0.805. The lowest BCUT2D eigenvalue weighted by Crippen LogP contribution is -2.12. The number of fused-ring (bicyclic) bond motifs is 1. The smallest absolute Gasteiger partial charge is 0.255 e. The third-order valence-corrected chi connectivity index (χ3v) is 2.76. The second-order valence-corrected chi connectivity index (χ2v) is 4.18. The summed E-state index contributed by atoms with van der Waals surface area (Å²) >= 11 is 0. The molecule has 0 unspecified atom stereocenters. The van der Waals surface area contributed by atoms with Crippen LogP contribution in [0.15, 0.2) is 36.4 Å². The third kappa shape index (κ3) is 2.40. The van der Waals surface area contributed by atoms with Crippen LogP contribution in [0.2, 0.25) is 0 Å². The van der Waals surface area contributed by atoms with Crippen molar-refractivity contribution in [2.24, 2.45) is 0 Å². The third-order valence-electron chi connectivity index (χ3n) is 2.76. The van der Waals surface area contributed by atoms with Crippen LogP contribution in [0, 0.1) is 11.6 Å². The van der Waals surface area contributed by atoms with Crippen molar-refractivity contribution in [1.82, 2.24) is 0 Å². The van der Waals surface area contributed by atoms with Gasteiger partial charge in [-0.05, 0) is 24.3 Å². The van der Waals surface area contributed by atoms with Crippen molar-refractivity contribution in [3.05, 3.63) is 53.6 Å². The summed E-state index contributed by atoms with van der Waals surface area (Å²) in [6.45, 7) is 0.127. The van der Waals surface area contributed by atoms with Crippen LogP contribution in [-0.4, -0.2) is 12.7 Å². The summed E-state index contributed by atoms with van der Waals surface area (Å²) < 4.78 is 36.4. The van der Waals surface area contributed by atoms with E-state index in [1.165, 1.54) is 0 Å². The number of carbonyl (C=O) groups excluding carboxylic acids is 1. The van der Waals surface area contributed by atoms with Crippen LogP contribution in [0.4, 0.5) is 14.5 Å². The first kappa shape index (κ1) is 12.4. The summed E-state index contributed by atoms with van der Waals surface area (Å²) in [5, 5.41) is 2.53. The maximum atomic E-state index is 13.1. The predicted molar refractivity (Wildman–Crippen MR) is 66.9 cm³/mol. The van der Waals surface area contributed by atoms with E-state index in [1.807, 2.05) is 0 Å². The molecule has 1 amide bonds. The topological polar surface area (TPSA) is 47.6 Å². The molecule has 0 radical (unpaired) electrons. The molecule has 0 fully saturated rings. The van der Waals surface area contributed by atoms with Crippen LogP contribution in [0.5, 0.6) is 11.5 Å². The molecule has 2 aromatic carbocycles. The first-order valence-electron chi connectivity index (χ1n) is 5.79. The Balaban J connectivity index is 1.82. The fourth-order valence-corrected chi connectivity index (χ4v) is 1.86. The van der Waals surface area contributed by atoms with Gasteiger partial charge in [-0.2, -0.15) is 0 Å². The highest BCUT2D eigenvalue weighted by atomic mass is 19.1. The molecule has 2 aromatic rings. The number of hydrogen-bond acceptors (Lipinski definition) is 3. The molecular formula is C14H9F2NO3. The summed E-state index contributed by atoms with van der Waals surface area (Å²) in [4.78, 5) is 11.9. The maximum absolute atomic E-state index is 13.1. The van der Waals surface area contributed by atoms with Gasteiger partial charge in [0.25, 0.3) is 5.91 Å². The van der Waals surface area contributed by atoms with Gasteiger partial charge in [0, 0.05) is 23.4 Å². The van der Waals surface area contributed by atoms with Crippen molar-refractivity contribution < 1.29 is 23.0 Å². The molecule has 4 nitrogen and oxygen atoms in total. The molecule has 0 aromatic heterocycles. The number of amides is 1. The highest BCUT2D eigenvalue weighted by molar-refractivity contribution is 6.04. The average Bonchev–Trinajstić information content (AvgIpc) is 2.85. The molecule has 1 heterocycles. The average molecular weight is 277 g/mol. The number of carbonyl (C=O) groups is 1. The van der Waals surface area contributed by atoms with Gasteiger partial charge in [-0.15, -0.1) is 0 Å². The van der Waals surface area contributed by atoms with Crippen LogP contribution in [0.25, 0.3) is 0 Å². The van der Waals surface area contributed by atoms with Crippen molar-refractivity contribution in [3.63, 3.8) is 0 Å². The second kappa shape index (κ2) is 4.80. The number of anilines is 1. The molecule has 0 bridgehead atoms. The zero-order valence-corrected chi connectivity index (χ0v) is 10.2. The zero-order valence-electron chi connectivity index (χ0n) is 10.2. The van der Waals surface area contributed by atoms with E-state index in [2.05, 4.69) is 5.32 Å². The molecule has 1 aliphatic heterocycles. The zero-order chi connectivity index (χ0) is 14.1. The van der Waals surface area contributed by atoms with Crippen molar-refractivity contribution in [1.29, 1.82) is 0 Å². The molecular weight excluding hydrogens is 268 g/mol. The van der Waals surface area contributed by atoms with Crippen molar-refractivity contribution in [3.8, 4) is 11.5 Å². The van der Waals surface area contributed by atoms with Crippen molar-refractivity contribution in [2.75, 3.05) is 12.1 Å². The summed E-state index contributed by atoms with van der Waals surface area (Å²) in [5.74, 6) is -1.13. The van der Waals surface area contributed by atoms with E-state index >= 15 is 0 Å². The monoisotopic (exact) mass is 277 g/mol. The van der Waals surface area contributed by atoms with E-state index in [4.69, 9.17) is 9.47 Å². The highest BCUT2D eigenvalue weighted by Gasteiger charge is 2.15. The van der Waals surface area contributed by atoms with Crippen LogP contribution in [0.3, 0.4) is 0 Å². The van der Waals surface area contributed by atoms with Crippen molar-refractivity contribution >= 4 is 11.6 Å². The summed E-state index contributed by atoms with van der Waals surface area (Å²) in [7, 11) is 0. The Kier molecular flexibility index (Phi) is 2.98. The molecule has 3 rings (SSSR count). The SMILES string of the molecule is O=C(Nc1ccc2c(c1)OCO2)c1cc(F)cc(F)c1. The summed E-state index contributed by atoms with van der Waals surface area (Å²) in [5.41, 5.74) is 0.351. The van der Waals surface area contributed by atoms with Gasteiger partial charge in [0.05, 0.1) is 0 Å². The van der Waals surface area contributed by atoms with E-state index in [-0.39, 0.29) is 12.4 Å². The number of hydrogen-bond donors (Lipinski definition) is 1. The number of benzene rings is 2. The maximum Gasteiger partial charge on any atom is 0.255 e. The first-order valence-corrected chi connectivity index (χ1v) is 5.79. The van der Waals surface area contributed by atoms with E-state index < -0.39 is 17.5 Å². The lowest BCUT2D eigenvalue weighted by molar-refractivity contribution is 0.102. The Bertz CT molecular complexity index is 668. The number of nitrogens with one attached hydrogen (secondary N) is 1. The number of ether oxygens (including phenoxy) is 2. The normalized spacial score (nSPS) is 12.3. The van der Waals surface area contributed by atoms with Crippen LogP contribution in [0.1, 0.15) is 10.4 Å². The fraction of sp³-hybridized carbons (Fsp3) is 0.0714. The van der Waals surface area contributed by atoms with Gasteiger partial charge in [-0.1, -0.05) is 0 Å². The van der Waals surface area contributed by atoms with E-state index in [9.17, 15) is 13.6 Å². The Morgan fingerprint density at radius 3 is 2.45 bits per heavy atom. The Morgan fingerprint density at radius 2 is 1.70 bits per heavy atom. The lowest BCUT2D eigenvalue weighted by Gasteiger charge is -2.06. The molecule has 102 valence electrons. The predicted octanol–water partition coefficient (Wildman–Crippen LogP) is 2.95. The molecule has 0 saturated heterocycles. The van der Waals surface area contributed by atoms with E-state index in [1.54, 1.807) is 18.2 Å². The van der Waals surface area contributed by atoms with Gasteiger partial charge in [-0.25, -0.2) is 8.78 Å². The molecule has 20 heavy (non-hydrogen) atoms. The molecule has 0 aliphatic carbocycles. The molecule has 0 saturated carbocycles. The number of rotatable bonds is 2. The minimum absolute atomic E-state index is 0.0971. The van der Waals surface area contributed by atoms with Gasteiger partial charge in [-0.3, -0.25) is 4.79 Å². The quantitative estimate of drug-likeness (QED) is 0.918.